The van der Waals surface area contributed by atoms with E-state index in [0.717, 1.165) is 36.6 Å². The monoisotopic (exact) mass is 293 g/mol. The van der Waals surface area contributed by atoms with Gasteiger partial charge < -0.3 is 20.1 Å². The number of benzene rings is 1. The number of hydrogen-bond donors (Lipinski definition) is 1. The fourth-order valence-corrected chi connectivity index (χ4v) is 2.91. The molecule has 0 radical (unpaired) electrons. The van der Waals surface area contributed by atoms with E-state index in [-0.39, 0.29) is 0 Å². The van der Waals surface area contributed by atoms with E-state index < -0.39 is 0 Å². The van der Waals surface area contributed by atoms with Crippen LogP contribution in [0.15, 0.2) is 12.1 Å². The maximum Gasteiger partial charge on any atom is 0.162 e. The lowest BCUT2D eigenvalue weighted by Gasteiger charge is -2.35. The zero-order chi connectivity index (χ0) is 15.4. The molecular weight excluding hydrogens is 266 g/mol. The summed E-state index contributed by atoms with van der Waals surface area (Å²) in [5.41, 5.74) is 8.00. The van der Waals surface area contributed by atoms with Crippen molar-refractivity contribution >= 4 is 5.69 Å². The van der Waals surface area contributed by atoms with Gasteiger partial charge in [0.25, 0.3) is 0 Å². The first kappa shape index (κ1) is 15.9. The van der Waals surface area contributed by atoms with Crippen LogP contribution in [0.2, 0.25) is 0 Å². The molecule has 0 amide bonds. The summed E-state index contributed by atoms with van der Waals surface area (Å²) in [6.45, 7) is 3.16. The van der Waals surface area contributed by atoms with Crippen molar-refractivity contribution in [2.75, 3.05) is 47.1 Å². The molecule has 1 aliphatic heterocycles. The summed E-state index contributed by atoms with van der Waals surface area (Å²) in [5, 5.41) is 0. The van der Waals surface area contributed by atoms with Crippen molar-refractivity contribution in [3.8, 4) is 11.5 Å². The molecule has 5 nitrogen and oxygen atoms in total. The zero-order valence-electron chi connectivity index (χ0n) is 13.6. The molecule has 0 atom stereocenters. The predicted molar refractivity (Wildman–Crippen MR) is 85.9 cm³/mol. The number of nitrogen functional groups attached to an aromatic ring is 1. The van der Waals surface area contributed by atoms with Crippen LogP contribution in [0.3, 0.4) is 0 Å². The normalized spacial score (nSPS) is 17.2. The minimum absolute atomic E-state index is 0.619. The quantitative estimate of drug-likeness (QED) is 0.839. The average molecular weight is 293 g/mol. The Labute approximate surface area is 127 Å². The number of nitrogens with zero attached hydrogens (tertiary/aromatic N) is 2. The van der Waals surface area contributed by atoms with Crippen molar-refractivity contribution in [2.45, 2.75) is 25.4 Å². The van der Waals surface area contributed by atoms with Gasteiger partial charge in [-0.1, -0.05) is 0 Å². The second-order valence-electron chi connectivity index (χ2n) is 5.86. The molecule has 1 saturated heterocycles. The first-order chi connectivity index (χ1) is 10.0. The number of methoxy groups -OCH3 is 2. The van der Waals surface area contributed by atoms with E-state index in [0.29, 0.717) is 11.8 Å². The Hall–Kier alpha value is -1.46. The summed E-state index contributed by atoms with van der Waals surface area (Å²) in [6.07, 6.45) is 2.42. The molecule has 1 aromatic rings. The van der Waals surface area contributed by atoms with Crippen LogP contribution < -0.4 is 15.2 Å². The first-order valence-electron chi connectivity index (χ1n) is 7.44. The summed E-state index contributed by atoms with van der Waals surface area (Å²) in [5.74, 6) is 1.42. The molecule has 0 unspecified atom stereocenters. The van der Waals surface area contributed by atoms with E-state index >= 15 is 0 Å². The van der Waals surface area contributed by atoms with Crippen molar-refractivity contribution in [1.29, 1.82) is 0 Å². The van der Waals surface area contributed by atoms with Crippen molar-refractivity contribution in [2.24, 2.45) is 0 Å². The number of nitrogens with two attached hydrogens (primary N) is 1. The zero-order valence-corrected chi connectivity index (χ0v) is 13.6. The van der Waals surface area contributed by atoms with Crippen LogP contribution in [-0.2, 0) is 6.54 Å². The maximum atomic E-state index is 6.15. The number of ether oxygens (including phenoxy) is 2. The molecule has 1 aromatic carbocycles. The van der Waals surface area contributed by atoms with E-state index in [1.165, 1.54) is 12.8 Å². The third-order valence-electron chi connectivity index (χ3n) is 4.38. The Kier molecular flexibility index (Phi) is 5.31. The van der Waals surface area contributed by atoms with Crippen LogP contribution in [0, 0.1) is 0 Å². The highest BCUT2D eigenvalue weighted by atomic mass is 16.5. The number of likely N-dealkylation sites (tertiary alicyclic amines) is 1. The van der Waals surface area contributed by atoms with Gasteiger partial charge in [-0.15, -0.1) is 0 Å². The molecule has 118 valence electrons. The molecule has 1 aliphatic rings. The van der Waals surface area contributed by atoms with E-state index in [9.17, 15) is 0 Å². The van der Waals surface area contributed by atoms with E-state index in [2.05, 4.69) is 23.9 Å². The summed E-state index contributed by atoms with van der Waals surface area (Å²) in [4.78, 5) is 4.78. The van der Waals surface area contributed by atoms with Gasteiger partial charge in [0.15, 0.2) is 11.5 Å². The minimum Gasteiger partial charge on any atom is -0.493 e. The summed E-state index contributed by atoms with van der Waals surface area (Å²) in [7, 11) is 7.63. The van der Waals surface area contributed by atoms with Gasteiger partial charge >= 0.3 is 0 Å². The van der Waals surface area contributed by atoms with Gasteiger partial charge in [-0.2, -0.15) is 0 Å². The molecular formula is C16H27N3O2. The lowest BCUT2D eigenvalue weighted by Crippen LogP contribution is -2.41. The Bertz CT molecular complexity index is 471. The fraction of sp³-hybridized carbons (Fsp3) is 0.625. The standard InChI is InChI=1S/C16H27N3O2/c1-18-7-5-13(6-8-18)19(2)11-12-9-15(20-3)16(21-4)10-14(12)17/h9-10,13H,5-8,11,17H2,1-4H3. The van der Waals surface area contributed by atoms with Crippen LogP contribution in [0.1, 0.15) is 18.4 Å². The Morgan fingerprint density at radius 1 is 1.19 bits per heavy atom. The highest BCUT2D eigenvalue weighted by molar-refractivity contribution is 5.57. The van der Waals surface area contributed by atoms with Gasteiger partial charge in [0.2, 0.25) is 0 Å². The number of piperidine rings is 1. The molecule has 5 heteroatoms. The van der Waals surface area contributed by atoms with Crippen LogP contribution in [0.25, 0.3) is 0 Å². The topological polar surface area (TPSA) is 51.0 Å². The second-order valence-corrected chi connectivity index (χ2v) is 5.86. The summed E-state index contributed by atoms with van der Waals surface area (Å²) in [6, 6.07) is 4.45. The van der Waals surface area contributed by atoms with Gasteiger partial charge in [-0.3, -0.25) is 4.90 Å². The van der Waals surface area contributed by atoms with Gasteiger partial charge in [0, 0.05) is 24.3 Å². The lowest BCUT2D eigenvalue weighted by atomic mass is 10.0. The Morgan fingerprint density at radius 2 is 1.76 bits per heavy atom. The maximum absolute atomic E-state index is 6.15. The highest BCUT2D eigenvalue weighted by Gasteiger charge is 2.21. The molecule has 0 bridgehead atoms. The number of anilines is 1. The van der Waals surface area contributed by atoms with Crippen LogP contribution in [0.4, 0.5) is 5.69 Å². The largest absolute Gasteiger partial charge is 0.493 e. The molecule has 0 spiro atoms. The predicted octanol–water partition coefficient (Wildman–Crippen LogP) is 1.81. The average Bonchev–Trinajstić information content (AvgIpc) is 2.49. The Morgan fingerprint density at radius 3 is 2.33 bits per heavy atom. The second kappa shape index (κ2) is 7.00. The summed E-state index contributed by atoms with van der Waals surface area (Å²) < 4.78 is 10.6. The van der Waals surface area contributed by atoms with E-state index in [1.54, 1.807) is 14.2 Å². The SMILES string of the molecule is COc1cc(N)c(CN(C)C2CCN(C)CC2)cc1OC. The molecule has 2 N–H and O–H groups in total. The molecule has 2 rings (SSSR count). The van der Waals surface area contributed by atoms with Gasteiger partial charge in [-0.25, -0.2) is 0 Å². The van der Waals surface area contributed by atoms with Gasteiger partial charge in [0.05, 0.1) is 14.2 Å². The van der Waals surface area contributed by atoms with E-state index in [1.807, 2.05) is 12.1 Å². The summed E-state index contributed by atoms with van der Waals surface area (Å²) >= 11 is 0. The molecule has 0 saturated carbocycles. The number of hydrogen-bond acceptors (Lipinski definition) is 5. The highest BCUT2D eigenvalue weighted by Crippen LogP contribution is 2.32. The molecule has 1 fully saturated rings. The first-order valence-corrected chi connectivity index (χ1v) is 7.44. The van der Waals surface area contributed by atoms with Crippen LogP contribution >= 0.6 is 0 Å². The molecule has 1 heterocycles. The van der Waals surface area contributed by atoms with Crippen LogP contribution in [-0.4, -0.2) is 57.2 Å². The van der Waals surface area contributed by atoms with E-state index in [4.69, 9.17) is 15.2 Å². The molecule has 21 heavy (non-hydrogen) atoms. The third kappa shape index (κ3) is 3.80. The molecule has 0 aliphatic carbocycles. The lowest BCUT2D eigenvalue weighted by molar-refractivity contribution is 0.139. The van der Waals surface area contributed by atoms with Gasteiger partial charge in [0.1, 0.15) is 0 Å². The van der Waals surface area contributed by atoms with Crippen molar-refractivity contribution in [3.05, 3.63) is 17.7 Å². The molecule has 0 aromatic heterocycles. The number of rotatable bonds is 5. The smallest absolute Gasteiger partial charge is 0.162 e. The Balaban J connectivity index is 2.08. The minimum atomic E-state index is 0.619. The van der Waals surface area contributed by atoms with Crippen molar-refractivity contribution in [1.82, 2.24) is 9.80 Å². The van der Waals surface area contributed by atoms with Crippen molar-refractivity contribution in [3.63, 3.8) is 0 Å². The van der Waals surface area contributed by atoms with Crippen LogP contribution in [0.5, 0.6) is 11.5 Å². The van der Waals surface area contributed by atoms with Gasteiger partial charge in [-0.05, 0) is 51.7 Å². The third-order valence-corrected chi connectivity index (χ3v) is 4.38. The van der Waals surface area contributed by atoms with Crippen molar-refractivity contribution < 1.29 is 9.47 Å². The fourth-order valence-electron chi connectivity index (χ4n) is 2.91.